The van der Waals surface area contributed by atoms with Crippen LogP contribution >= 0.6 is 11.6 Å². The normalized spacial score (nSPS) is 23.0. The van der Waals surface area contributed by atoms with E-state index in [1.165, 1.54) is 4.90 Å². The largest absolute Gasteiger partial charge is 0.481 e. The highest BCUT2D eigenvalue weighted by atomic mass is 35.5. The molecule has 2 aromatic carbocycles. The first-order valence-electron chi connectivity index (χ1n) is 14.6. The SMILES string of the molecule is C[C@H](N)C(=O)N1[C@H](C(=O)N[C@@]2(Cc3ccc(Cl)cc3)CCCN(C(=O)C(CC(=O)O)Cc3ccccc3)C2)COC1(C)C. The maximum atomic E-state index is 14.0. The van der Waals surface area contributed by atoms with Gasteiger partial charge in [0.25, 0.3) is 0 Å². The molecule has 3 amide bonds. The number of nitrogens with two attached hydrogens (primary N) is 1. The van der Waals surface area contributed by atoms with Crippen molar-refractivity contribution in [3.63, 3.8) is 0 Å². The van der Waals surface area contributed by atoms with Crippen LogP contribution in [0.4, 0.5) is 0 Å². The molecule has 0 saturated carbocycles. The smallest absolute Gasteiger partial charge is 0.304 e. The third-order valence-electron chi connectivity index (χ3n) is 8.24. The van der Waals surface area contributed by atoms with Crippen molar-refractivity contribution in [1.29, 1.82) is 0 Å². The number of carboxylic acids is 1. The first kappa shape index (κ1) is 32.4. The van der Waals surface area contributed by atoms with Crippen molar-refractivity contribution >= 4 is 35.3 Å². The lowest BCUT2D eigenvalue weighted by molar-refractivity contribution is -0.151. The average Bonchev–Trinajstić information content (AvgIpc) is 3.28. The minimum absolute atomic E-state index is 0.00866. The van der Waals surface area contributed by atoms with Crippen LogP contribution in [0.2, 0.25) is 5.02 Å². The predicted octanol–water partition coefficient (Wildman–Crippen LogP) is 3.00. The number of amides is 3. The van der Waals surface area contributed by atoms with Crippen molar-refractivity contribution in [1.82, 2.24) is 15.1 Å². The molecule has 4 atom stereocenters. The third kappa shape index (κ3) is 7.93. The lowest BCUT2D eigenvalue weighted by Crippen LogP contribution is -2.65. The molecule has 2 heterocycles. The van der Waals surface area contributed by atoms with E-state index >= 15 is 0 Å². The second-order valence-electron chi connectivity index (χ2n) is 12.2. The molecule has 2 saturated heterocycles. The molecule has 43 heavy (non-hydrogen) atoms. The summed E-state index contributed by atoms with van der Waals surface area (Å²) in [5, 5.41) is 13.4. The molecule has 0 bridgehead atoms. The Balaban J connectivity index is 1.62. The minimum atomic E-state index is -1.05. The highest BCUT2D eigenvalue weighted by molar-refractivity contribution is 6.30. The van der Waals surface area contributed by atoms with E-state index in [9.17, 15) is 24.3 Å². The van der Waals surface area contributed by atoms with Gasteiger partial charge in [-0.2, -0.15) is 0 Å². The summed E-state index contributed by atoms with van der Waals surface area (Å²) in [6, 6.07) is 14.9. The van der Waals surface area contributed by atoms with E-state index in [4.69, 9.17) is 22.1 Å². The van der Waals surface area contributed by atoms with E-state index in [1.54, 1.807) is 37.8 Å². The van der Waals surface area contributed by atoms with Gasteiger partial charge in [-0.05, 0) is 69.7 Å². The number of hydrogen-bond donors (Lipinski definition) is 3. The second-order valence-corrected chi connectivity index (χ2v) is 12.6. The molecule has 11 heteroatoms. The van der Waals surface area contributed by atoms with Crippen LogP contribution in [0.5, 0.6) is 0 Å². The number of carbonyl (C=O) groups excluding carboxylic acids is 3. The number of hydrogen-bond acceptors (Lipinski definition) is 6. The van der Waals surface area contributed by atoms with Crippen LogP contribution in [0.1, 0.15) is 51.2 Å². The Morgan fingerprint density at radius 1 is 1.07 bits per heavy atom. The zero-order valence-electron chi connectivity index (χ0n) is 24.9. The highest BCUT2D eigenvalue weighted by Gasteiger charge is 2.50. The van der Waals surface area contributed by atoms with E-state index in [0.29, 0.717) is 37.3 Å². The molecule has 10 nitrogen and oxygen atoms in total. The van der Waals surface area contributed by atoms with Crippen molar-refractivity contribution in [2.45, 2.75) is 76.2 Å². The van der Waals surface area contributed by atoms with Gasteiger partial charge in [0.2, 0.25) is 17.7 Å². The predicted molar refractivity (Wildman–Crippen MR) is 162 cm³/mol. The Morgan fingerprint density at radius 2 is 1.74 bits per heavy atom. The van der Waals surface area contributed by atoms with Crippen molar-refractivity contribution in [2.75, 3.05) is 19.7 Å². The van der Waals surface area contributed by atoms with Crippen LogP contribution < -0.4 is 11.1 Å². The van der Waals surface area contributed by atoms with Crippen LogP contribution in [0, 0.1) is 5.92 Å². The molecular weight excluding hydrogens is 572 g/mol. The highest BCUT2D eigenvalue weighted by Crippen LogP contribution is 2.32. The van der Waals surface area contributed by atoms with Gasteiger partial charge in [-0.15, -0.1) is 0 Å². The Bertz CT molecular complexity index is 1320. The molecule has 0 spiro atoms. The monoisotopic (exact) mass is 612 g/mol. The summed E-state index contributed by atoms with van der Waals surface area (Å²) in [6.07, 6.45) is 1.57. The average molecular weight is 613 g/mol. The van der Waals surface area contributed by atoms with E-state index in [0.717, 1.165) is 11.1 Å². The fourth-order valence-electron chi connectivity index (χ4n) is 6.20. The van der Waals surface area contributed by atoms with E-state index < -0.39 is 47.0 Å². The lowest BCUT2D eigenvalue weighted by Gasteiger charge is -2.45. The van der Waals surface area contributed by atoms with Crippen LogP contribution in [-0.2, 0) is 36.8 Å². The molecule has 4 rings (SSSR count). The molecule has 2 fully saturated rings. The summed E-state index contributed by atoms with van der Waals surface area (Å²) in [7, 11) is 0. The van der Waals surface area contributed by atoms with Crippen molar-refractivity contribution in [2.24, 2.45) is 11.7 Å². The number of benzene rings is 2. The zero-order chi connectivity index (χ0) is 31.4. The molecule has 2 aliphatic heterocycles. The first-order chi connectivity index (χ1) is 20.3. The van der Waals surface area contributed by atoms with Gasteiger partial charge in [0, 0.05) is 18.1 Å². The Hall–Kier alpha value is -3.47. The number of piperidine rings is 1. The number of aliphatic carboxylic acids is 1. The molecular formula is C32H41ClN4O6. The fraction of sp³-hybridized carbons (Fsp3) is 0.500. The Morgan fingerprint density at radius 3 is 2.37 bits per heavy atom. The number of halogens is 1. The fourth-order valence-corrected chi connectivity index (χ4v) is 6.32. The summed E-state index contributed by atoms with van der Waals surface area (Å²) >= 11 is 6.13. The number of nitrogens with one attached hydrogen (secondary N) is 1. The summed E-state index contributed by atoms with van der Waals surface area (Å²) in [4.78, 5) is 55.8. The molecule has 0 aromatic heterocycles. The Kier molecular flexibility index (Phi) is 10.1. The minimum Gasteiger partial charge on any atom is -0.481 e. The topological polar surface area (TPSA) is 142 Å². The molecule has 2 aliphatic rings. The van der Waals surface area contributed by atoms with Gasteiger partial charge in [-0.1, -0.05) is 54.1 Å². The number of nitrogens with zero attached hydrogens (tertiary/aromatic N) is 2. The molecule has 0 aliphatic carbocycles. The number of rotatable bonds is 10. The first-order valence-corrected chi connectivity index (χ1v) is 15.0. The van der Waals surface area contributed by atoms with Gasteiger partial charge in [0.15, 0.2) is 0 Å². The van der Waals surface area contributed by atoms with Crippen LogP contribution in [-0.4, -0.2) is 81.6 Å². The van der Waals surface area contributed by atoms with Crippen molar-refractivity contribution < 1.29 is 29.0 Å². The van der Waals surface area contributed by atoms with E-state index in [-0.39, 0.29) is 25.5 Å². The van der Waals surface area contributed by atoms with Crippen molar-refractivity contribution in [3.05, 3.63) is 70.7 Å². The zero-order valence-corrected chi connectivity index (χ0v) is 25.7. The lowest BCUT2D eigenvalue weighted by atomic mass is 9.81. The molecule has 232 valence electrons. The quantitative estimate of drug-likeness (QED) is 0.374. The number of ether oxygens (including phenoxy) is 1. The van der Waals surface area contributed by atoms with Gasteiger partial charge < -0.3 is 25.8 Å². The van der Waals surface area contributed by atoms with Crippen LogP contribution in [0.15, 0.2) is 54.6 Å². The molecule has 1 unspecified atom stereocenters. The summed E-state index contributed by atoms with van der Waals surface area (Å²) in [5.41, 5.74) is 5.81. The summed E-state index contributed by atoms with van der Waals surface area (Å²) in [6.45, 7) is 5.65. The maximum Gasteiger partial charge on any atom is 0.304 e. The van der Waals surface area contributed by atoms with Crippen LogP contribution in [0.25, 0.3) is 0 Å². The van der Waals surface area contributed by atoms with Gasteiger partial charge in [0.05, 0.1) is 30.5 Å². The number of carboxylic acid groups (broad SMARTS) is 1. The van der Waals surface area contributed by atoms with Gasteiger partial charge in [0.1, 0.15) is 11.8 Å². The molecule has 2 aromatic rings. The van der Waals surface area contributed by atoms with Gasteiger partial charge >= 0.3 is 5.97 Å². The van der Waals surface area contributed by atoms with Gasteiger partial charge in [-0.25, -0.2) is 0 Å². The standard InChI is InChI=1S/C32H41ClN4O6/c1-21(34)29(41)37-26(19-43-31(37,2)3)28(40)35-32(18-23-10-12-25(33)13-11-23)14-7-15-36(20-32)30(42)24(17-27(38)39)16-22-8-5-4-6-9-22/h4-6,8-13,21,24,26H,7,14-20,34H2,1-3H3,(H,35,40)(H,38,39)/t21-,24?,26-,32+/m0/s1. The van der Waals surface area contributed by atoms with E-state index in [2.05, 4.69) is 5.32 Å². The second kappa shape index (κ2) is 13.4. The number of carbonyl (C=O) groups is 4. The maximum absolute atomic E-state index is 14.0. The summed E-state index contributed by atoms with van der Waals surface area (Å²) < 4.78 is 5.85. The van der Waals surface area contributed by atoms with E-state index in [1.807, 2.05) is 42.5 Å². The number of likely N-dealkylation sites (tertiary alicyclic amines) is 1. The molecule has 0 radical (unpaired) electrons. The van der Waals surface area contributed by atoms with Crippen molar-refractivity contribution in [3.8, 4) is 0 Å². The third-order valence-corrected chi connectivity index (χ3v) is 8.50. The van der Waals surface area contributed by atoms with Gasteiger partial charge in [-0.3, -0.25) is 24.1 Å². The molecule has 4 N–H and O–H groups in total. The summed E-state index contributed by atoms with van der Waals surface area (Å²) in [5.74, 6) is -2.86. The van der Waals surface area contributed by atoms with Crippen LogP contribution in [0.3, 0.4) is 0 Å². The Labute approximate surface area is 257 Å².